The maximum Gasteiger partial charge on any atom is 1.00 e. The molecule has 0 fully saturated rings. The van der Waals surface area contributed by atoms with Gasteiger partial charge >= 0.3 is 41.5 Å². The summed E-state index contributed by atoms with van der Waals surface area (Å²) >= 11 is 0. The van der Waals surface area contributed by atoms with Gasteiger partial charge in [-0.25, -0.2) is 9.59 Å². The molecule has 7 heteroatoms. The third kappa shape index (κ3) is 31.7. The molecule has 0 aliphatic heterocycles. The number of carboxylic acids is 1. The number of methoxy groups -OCH3 is 1. The van der Waals surface area contributed by atoms with Gasteiger partial charge in [0.2, 0.25) is 0 Å². The molecule has 1 aromatic carbocycles. The smallest absolute Gasteiger partial charge is 0.545 e. The normalized spacial score (nSPS) is 10.2. The SMILES string of the molecule is C=C(C)C(=O)OC.C=CC(=O)OCCCC.C=Cc1ccccc1.CCCCC(CC)CC=C(C)C(=O)[O-].[Na+]. The number of rotatable bonds is 13. The minimum Gasteiger partial charge on any atom is -0.545 e. The summed E-state index contributed by atoms with van der Waals surface area (Å²) in [4.78, 5) is 31.0. The largest absolute Gasteiger partial charge is 1.00 e. The number of unbranched alkanes of at least 4 members (excludes halogenated alkanes) is 2. The molecule has 0 saturated heterocycles. The Morgan fingerprint density at radius 3 is 1.90 bits per heavy atom. The van der Waals surface area contributed by atoms with Crippen LogP contribution >= 0.6 is 0 Å². The van der Waals surface area contributed by atoms with Crippen molar-refractivity contribution in [1.82, 2.24) is 0 Å². The third-order valence-corrected chi connectivity index (χ3v) is 5.10. The maximum atomic E-state index is 10.4. The number of ether oxygens (including phenoxy) is 2. The van der Waals surface area contributed by atoms with Crippen LogP contribution in [-0.2, 0) is 23.9 Å². The molecule has 1 aromatic rings. The number of carbonyl (C=O) groups is 3. The predicted molar refractivity (Wildman–Crippen MR) is 156 cm³/mol. The molecule has 0 amide bonds. The van der Waals surface area contributed by atoms with Gasteiger partial charge in [0.05, 0.1) is 19.7 Å². The van der Waals surface area contributed by atoms with Crippen LogP contribution in [0.2, 0.25) is 0 Å². The molecule has 0 aliphatic rings. The van der Waals surface area contributed by atoms with Gasteiger partial charge in [-0.1, -0.05) is 115 Å². The van der Waals surface area contributed by atoms with Crippen LogP contribution in [-0.4, -0.2) is 31.6 Å². The summed E-state index contributed by atoms with van der Waals surface area (Å²) in [5, 5.41) is 10.4. The van der Waals surface area contributed by atoms with E-state index in [1.54, 1.807) is 19.9 Å². The number of hydrogen-bond acceptors (Lipinski definition) is 6. The summed E-state index contributed by atoms with van der Waals surface area (Å²) in [6, 6.07) is 10.0. The zero-order valence-electron chi connectivity index (χ0n) is 25.4. The van der Waals surface area contributed by atoms with Crippen LogP contribution in [0, 0.1) is 5.92 Å². The Morgan fingerprint density at radius 1 is 1.00 bits per heavy atom. The van der Waals surface area contributed by atoms with Gasteiger partial charge in [-0.15, -0.1) is 0 Å². The van der Waals surface area contributed by atoms with E-state index in [1.165, 1.54) is 38.0 Å². The van der Waals surface area contributed by atoms with Crippen LogP contribution in [0.4, 0.5) is 0 Å². The number of carboxylic acid groups (broad SMARTS) is 1. The van der Waals surface area contributed by atoms with Crippen molar-refractivity contribution >= 4 is 24.0 Å². The Morgan fingerprint density at radius 2 is 1.56 bits per heavy atom. The number of esters is 2. The second-order valence-electron chi connectivity index (χ2n) is 8.44. The molecule has 0 radical (unpaired) electrons. The monoisotopic (exact) mass is 552 g/mol. The molecule has 1 rings (SSSR count). The van der Waals surface area contributed by atoms with Crippen molar-refractivity contribution in [2.24, 2.45) is 5.92 Å². The number of allylic oxidation sites excluding steroid dienone is 1. The summed E-state index contributed by atoms with van der Waals surface area (Å²) in [6.07, 6.45) is 12.4. The van der Waals surface area contributed by atoms with E-state index >= 15 is 0 Å². The van der Waals surface area contributed by atoms with Gasteiger partial charge in [0, 0.05) is 11.6 Å². The van der Waals surface area contributed by atoms with E-state index in [-0.39, 0.29) is 41.5 Å². The average molecular weight is 553 g/mol. The average Bonchev–Trinajstić information content (AvgIpc) is 2.93. The molecular weight excluding hydrogens is 503 g/mol. The van der Waals surface area contributed by atoms with E-state index in [0.29, 0.717) is 23.7 Å². The quantitative estimate of drug-likeness (QED) is 0.160. The molecule has 0 bridgehead atoms. The minimum absolute atomic E-state index is 0. The molecule has 0 aliphatic carbocycles. The van der Waals surface area contributed by atoms with E-state index in [9.17, 15) is 19.5 Å². The first kappa shape index (κ1) is 43.6. The zero-order valence-corrected chi connectivity index (χ0v) is 27.4. The molecule has 1 atom stereocenters. The van der Waals surface area contributed by atoms with Gasteiger partial charge in [0.1, 0.15) is 0 Å². The van der Waals surface area contributed by atoms with Gasteiger partial charge < -0.3 is 19.4 Å². The topological polar surface area (TPSA) is 92.7 Å². The number of benzene rings is 1. The van der Waals surface area contributed by atoms with Crippen molar-refractivity contribution in [3.63, 3.8) is 0 Å². The summed E-state index contributed by atoms with van der Waals surface area (Å²) in [5.74, 6) is -1.09. The van der Waals surface area contributed by atoms with E-state index in [4.69, 9.17) is 0 Å². The molecule has 214 valence electrons. The Bertz CT molecular complexity index is 830. The van der Waals surface area contributed by atoms with E-state index < -0.39 is 5.97 Å². The standard InChI is InChI=1S/C12H22O2.C8H8.C7H12O2.C5H8O2.Na/c1-4-6-7-11(5-2)9-8-10(3)12(13)14;1-2-8-6-4-3-5-7-8;1-3-5-6-9-7(8)4-2;1-4(2)5(6)7-3;/h8,11H,4-7,9H2,1-3H3,(H,13,14);2-7H,1H2;4H,2-3,5-6H2,1H3;1H2,2-3H3;/q;;;;+1/p-1. The van der Waals surface area contributed by atoms with E-state index in [0.717, 1.165) is 25.7 Å². The Kier molecular flexibility index (Phi) is 35.6. The fourth-order valence-electron chi connectivity index (χ4n) is 2.55. The first-order valence-electron chi connectivity index (χ1n) is 13.1. The van der Waals surface area contributed by atoms with E-state index in [1.807, 2.05) is 43.3 Å². The summed E-state index contributed by atoms with van der Waals surface area (Å²) in [7, 11) is 1.33. The Balaban J connectivity index is -0.000000216. The molecule has 1 unspecified atom stereocenters. The zero-order chi connectivity index (χ0) is 29.8. The van der Waals surface area contributed by atoms with Crippen LogP contribution in [0.15, 0.2) is 73.4 Å². The molecule has 0 spiro atoms. The maximum absolute atomic E-state index is 10.4. The minimum atomic E-state index is -1.05. The molecule has 39 heavy (non-hydrogen) atoms. The fraction of sp³-hybridized carbons (Fsp3) is 0.469. The molecule has 0 aromatic heterocycles. The Labute approximate surface area is 259 Å². The third-order valence-electron chi connectivity index (χ3n) is 5.10. The summed E-state index contributed by atoms with van der Waals surface area (Å²) in [6.45, 7) is 20.3. The first-order valence-corrected chi connectivity index (χ1v) is 13.1. The molecular formula is C32H49NaO6. The van der Waals surface area contributed by atoms with Crippen LogP contribution in [0.25, 0.3) is 6.08 Å². The van der Waals surface area contributed by atoms with Gasteiger partial charge in [-0.2, -0.15) is 0 Å². The molecule has 0 heterocycles. The summed E-state index contributed by atoms with van der Waals surface area (Å²) in [5.41, 5.74) is 1.97. The van der Waals surface area contributed by atoms with Crippen LogP contribution in [0.3, 0.4) is 0 Å². The van der Waals surface area contributed by atoms with Crippen molar-refractivity contribution in [2.75, 3.05) is 13.7 Å². The van der Waals surface area contributed by atoms with Gasteiger partial charge in [-0.3, -0.25) is 0 Å². The number of carbonyl (C=O) groups excluding carboxylic acids is 3. The van der Waals surface area contributed by atoms with Gasteiger partial charge in [0.15, 0.2) is 0 Å². The first-order chi connectivity index (χ1) is 18.0. The number of aliphatic carboxylic acids is 1. The van der Waals surface area contributed by atoms with Crippen LogP contribution < -0.4 is 34.7 Å². The van der Waals surface area contributed by atoms with Crippen molar-refractivity contribution in [3.8, 4) is 0 Å². The fourth-order valence-corrected chi connectivity index (χ4v) is 2.55. The van der Waals surface area contributed by atoms with Crippen LogP contribution in [0.1, 0.15) is 85.1 Å². The van der Waals surface area contributed by atoms with Crippen molar-refractivity contribution in [1.29, 1.82) is 0 Å². The molecule has 0 N–H and O–H groups in total. The second-order valence-corrected chi connectivity index (χ2v) is 8.44. The Hall–Kier alpha value is -2.41. The number of hydrogen-bond donors (Lipinski definition) is 0. The summed E-state index contributed by atoms with van der Waals surface area (Å²) < 4.78 is 8.95. The predicted octanol–water partition coefficient (Wildman–Crippen LogP) is 3.87. The van der Waals surface area contributed by atoms with Crippen LogP contribution in [0.5, 0.6) is 0 Å². The molecule has 0 saturated carbocycles. The second kappa shape index (κ2) is 31.8. The molecule has 6 nitrogen and oxygen atoms in total. The van der Waals surface area contributed by atoms with Crippen molar-refractivity contribution in [2.45, 2.75) is 79.6 Å². The van der Waals surface area contributed by atoms with Gasteiger partial charge in [0.25, 0.3) is 0 Å². The van der Waals surface area contributed by atoms with E-state index in [2.05, 4.69) is 43.1 Å². The van der Waals surface area contributed by atoms with Gasteiger partial charge in [-0.05, 0) is 43.7 Å². The van der Waals surface area contributed by atoms with Crippen molar-refractivity contribution in [3.05, 3.63) is 78.9 Å². The van der Waals surface area contributed by atoms with Crippen molar-refractivity contribution < 1.29 is 58.5 Å².